The highest BCUT2D eigenvalue weighted by atomic mass is 32.1. The second-order valence-corrected chi connectivity index (χ2v) is 6.05. The van der Waals surface area contributed by atoms with Crippen molar-refractivity contribution in [1.29, 1.82) is 0 Å². The van der Waals surface area contributed by atoms with E-state index < -0.39 is 4.92 Å². The van der Waals surface area contributed by atoms with Crippen molar-refractivity contribution in [3.8, 4) is 0 Å². The molecular weight excluding hydrogens is 342 g/mol. The minimum absolute atomic E-state index is 0.0231. The van der Waals surface area contributed by atoms with E-state index in [2.05, 4.69) is 20.7 Å². The molecule has 8 nitrogen and oxygen atoms in total. The Bertz CT molecular complexity index is 632. The highest BCUT2D eigenvalue weighted by molar-refractivity contribution is 7.80. The van der Waals surface area contributed by atoms with Gasteiger partial charge < -0.3 is 10.1 Å². The fourth-order valence-electron chi connectivity index (χ4n) is 2.50. The number of ether oxygens (including phenoxy) is 1. The molecule has 9 heteroatoms. The first kappa shape index (κ1) is 19.2. The van der Waals surface area contributed by atoms with Crippen LogP contribution in [0.4, 0.5) is 5.69 Å². The number of hydrazone groups is 1. The Hall–Kier alpha value is -2.10. The Morgan fingerprint density at radius 1 is 1.40 bits per heavy atom. The first-order valence-electron chi connectivity index (χ1n) is 8.20. The number of benzene rings is 1. The fraction of sp³-hybridized carbons (Fsp3) is 0.500. The van der Waals surface area contributed by atoms with Gasteiger partial charge in [0.05, 0.1) is 29.4 Å². The average molecular weight is 365 g/mol. The van der Waals surface area contributed by atoms with Crippen LogP contribution in [-0.4, -0.2) is 60.0 Å². The molecule has 1 heterocycles. The summed E-state index contributed by atoms with van der Waals surface area (Å²) in [6.45, 7) is 6.99. The maximum atomic E-state index is 11.0. The van der Waals surface area contributed by atoms with Gasteiger partial charge in [-0.1, -0.05) is 12.1 Å². The molecule has 0 bridgehead atoms. The van der Waals surface area contributed by atoms with E-state index in [0.717, 1.165) is 45.8 Å². The number of morpholine rings is 1. The molecule has 0 atom stereocenters. The van der Waals surface area contributed by atoms with E-state index in [1.54, 1.807) is 25.1 Å². The Kier molecular flexibility index (Phi) is 7.71. The van der Waals surface area contributed by atoms with Crippen molar-refractivity contribution in [2.24, 2.45) is 5.10 Å². The number of para-hydroxylation sites is 1. The first-order chi connectivity index (χ1) is 12.1. The van der Waals surface area contributed by atoms with Crippen LogP contribution in [0.3, 0.4) is 0 Å². The summed E-state index contributed by atoms with van der Waals surface area (Å²) in [6, 6.07) is 6.49. The van der Waals surface area contributed by atoms with Crippen molar-refractivity contribution < 1.29 is 9.66 Å². The van der Waals surface area contributed by atoms with Gasteiger partial charge in [0, 0.05) is 25.7 Å². The van der Waals surface area contributed by atoms with E-state index in [1.165, 1.54) is 6.07 Å². The number of thiocarbonyl (C=S) groups is 1. The lowest BCUT2D eigenvalue weighted by Crippen LogP contribution is -2.39. The molecule has 2 rings (SSSR count). The maximum Gasteiger partial charge on any atom is 0.278 e. The number of nitrogens with one attached hydrogen (secondary N) is 2. The van der Waals surface area contributed by atoms with Gasteiger partial charge >= 0.3 is 0 Å². The molecule has 1 aromatic carbocycles. The quantitative estimate of drug-likeness (QED) is 0.249. The first-order valence-corrected chi connectivity index (χ1v) is 8.61. The van der Waals surface area contributed by atoms with E-state index >= 15 is 0 Å². The molecular formula is C16H23N5O3S. The van der Waals surface area contributed by atoms with E-state index in [1.807, 2.05) is 0 Å². The van der Waals surface area contributed by atoms with Crippen molar-refractivity contribution in [3.63, 3.8) is 0 Å². The SMILES string of the molecule is C/C(=N/NC(=S)NCCCN1CCOCC1)c1ccccc1[N+](=O)[O-]. The van der Waals surface area contributed by atoms with Crippen LogP contribution in [-0.2, 0) is 4.74 Å². The largest absolute Gasteiger partial charge is 0.379 e. The third-order valence-electron chi connectivity index (χ3n) is 3.86. The Morgan fingerprint density at radius 3 is 2.84 bits per heavy atom. The molecule has 1 saturated heterocycles. The van der Waals surface area contributed by atoms with Crippen LogP contribution >= 0.6 is 12.2 Å². The highest BCUT2D eigenvalue weighted by Gasteiger charge is 2.14. The summed E-state index contributed by atoms with van der Waals surface area (Å²) in [5.74, 6) is 0. The second kappa shape index (κ2) is 10.0. The summed E-state index contributed by atoms with van der Waals surface area (Å²) < 4.78 is 5.31. The molecule has 25 heavy (non-hydrogen) atoms. The standard InChI is InChI=1S/C16H23N5O3S/c1-13(14-5-2-3-6-15(14)21(22)23)18-19-16(25)17-7-4-8-20-9-11-24-12-10-20/h2-3,5-6H,4,7-12H2,1H3,(H2,17,19,25)/b18-13-. The van der Waals surface area contributed by atoms with E-state index in [-0.39, 0.29) is 5.69 Å². The number of nitro benzene ring substituents is 1. The molecule has 0 amide bonds. The van der Waals surface area contributed by atoms with Crippen molar-refractivity contribution >= 4 is 28.7 Å². The number of nitrogens with zero attached hydrogens (tertiary/aromatic N) is 3. The fourth-order valence-corrected chi connectivity index (χ4v) is 2.65. The summed E-state index contributed by atoms with van der Waals surface area (Å²) in [4.78, 5) is 13.0. The van der Waals surface area contributed by atoms with Crippen molar-refractivity contribution in [1.82, 2.24) is 15.6 Å². The van der Waals surface area contributed by atoms with Crippen LogP contribution in [0.2, 0.25) is 0 Å². The number of hydrogen-bond acceptors (Lipinski definition) is 6. The Labute approximate surface area is 152 Å². The molecule has 0 aromatic heterocycles. The van der Waals surface area contributed by atoms with Gasteiger partial charge in [0.15, 0.2) is 5.11 Å². The van der Waals surface area contributed by atoms with Crippen LogP contribution in [0.15, 0.2) is 29.4 Å². The summed E-state index contributed by atoms with van der Waals surface area (Å²) in [5.41, 5.74) is 3.73. The third-order valence-corrected chi connectivity index (χ3v) is 4.09. The van der Waals surface area contributed by atoms with Crippen LogP contribution in [0.1, 0.15) is 18.9 Å². The third kappa shape index (κ3) is 6.37. The Morgan fingerprint density at radius 2 is 2.12 bits per heavy atom. The zero-order valence-electron chi connectivity index (χ0n) is 14.2. The zero-order chi connectivity index (χ0) is 18.1. The summed E-state index contributed by atoms with van der Waals surface area (Å²) >= 11 is 5.18. The molecule has 0 unspecified atom stereocenters. The van der Waals surface area contributed by atoms with E-state index in [4.69, 9.17) is 17.0 Å². The van der Waals surface area contributed by atoms with E-state index in [0.29, 0.717) is 16.4 Å². The van der Waals surface area contributed by atoms with Crippen LogP contribution in [0.25, 0.3) is 0 Å². The van der Waals surface area contributed by atoms with Crippen LogP contribution < -0.4 is 10.7 Å². The topological polar surface area (TPSA) is 92.0 Å². The number of nitro groups is 1. The molecule has 1 aliphatic heterocycles. The predicted molar refractivity (Wildman–Crippen MR) is 101 cm³/mol. The van der Waals surface area contributed by atoms with Gasteiger partial charge in [-0.3, -0.25) is 20.4 Å². The molecule has 0 saturated carbocycles. The lowest BCUT2D eigenvalue weighted by molar-refractivity contribution is -0.385. The van der Waals surface area contributed by atoms with Gasteiger partial charge in [0.2, 0.25) is 0 Å². The van der Waals surface area contributed by atoms with Crippen LogP contribution in [0, 0.1) is 10.1 Å². The minimum atomic E-state index is -0.420. The summed E-state index contributed by atoms with van der Waals surface area (Å²) in [7, 11) is 0. The van der Waals surface area contributed by atoms with Gasteiger partial charge in [0.25, 0.3) is 5.69 Å². The van der Waals surface area contributed by atoms with Gasteiger partial charge in [-0.15, -0.1) is 0 Å². The van der Waals surface area contributed by atoms with Crippen molar-refractivity contribution in [2.45, 2.75) is 13.3 Å². The molecule has 0 aliphatic carbocycles. The number of hydrogen-bond donors (Lipinski definition) is 2. The zero-order valence-corrected chi connectivity index (χ0v) is 15.1. The van der Waals surface area contributed by atoms with Gasteiger partial charge in [-0.05, 0) is 38.2 Å². The van der Waals surface area contributed by atoms with Gasteiger partial charge in [-0.2, -0.15) is 5.10 Å². The molecule has 1 aromatic rings. The predicted octanol–water partition coefficient (Wildman–Crippen LogP) is 1.51. The summed E-state index contributed by atoms with van der Waals surface area (Å²) in [5, 5.41) is 18.7. The summed E-state index contributed by atoms with van der Waals surface area (Å²) in [6.07, 6.45) is 0.967. The van der Waals surface area contributed by atoms with Gasteiger partial charge in [0.1, 0.15) is 0 Å². The number of rotatable bonds is 7. The average Bonchev–Trinajstić information content (AvgIpc) is 2.64. The molecule has 0 radical (unpaired) electrons. The highest BCUT2D eigenvalue weighted by Crippen LogP contribution is 2.18. The maximum absolute atomic E-state index is 11.0. The van der Waals surface area contributed by atoms with Crippen molar-refractivity contribution in [3.05, 3.63) is 39.9 Å². The second-order valence-electron chi connectivity index (χ2n) is 5.65. The normalized spacial score (nSPS) is 15.6. The van der Waals surface area contributed by atoms with Gasteiger partial charge in [-0.25, -0.2) is 0 Å². The van der Waals surface area contributed by atoms with Crippen LogP contribution in [0.5, 0.6) is 0 Å². The Balaban J connectivity index is 1.74. The molecule has 1 aliphatic rings. The van der Waals surface area contributed by atoms with E-state index in [9.17, 15) is 10.1 Å². The lowest BCUT2D eigenvalue weighted by Gasteiger charge is -2.26. The minimum Gasteiger partial charge on any atom is -0.379 e. The molecule has 1 fully saturated rings. The smallest absolute Gasteiger partial charge is 0.278 e. The molecule has 136 valence electrons. The monoisotopic (exact) mass is 365 g/mol. The molecule has 2 N–H and O–H groups in total. The molecule has 0 spiro atoms. The lowest BCUT2D eigenvalue weighted by atomic mass is 10.1. The van der Waals surface area contributed by atoms with Crippen molar-refractivity contribution in [2.75, 3.05) is 39.4 Å².